The van der Waals surface area contributed by atoms with Crippen LogP contribution in [0.5, 0.6) is 0 Å². The Kier molecular flexibility index (Phi) is 3.22. The summed E-state index contributed by atoms with van der Waals surface area (Å²) in [5.74, 6) is 0.356. The first-order chi connectivity index (χ1) is 8.01. The van der Waals surface area contributed by atoms with E-state index in [9.17, 15) is 4.79 Å². The molecule has 0 amide bonds. The lowest BCUT2D eigenvalue weighted by Crippen LogP contribution is -2.25. The molecule has 1 aliphatic carbocycles. The van der Waals surface area contributed by atoms with Crippen LogP contribution < -0.4 is 0 Å². The first-order valence-corrected chi connectivity index (χ1v) is 6.20. The van der Waals surface area contributed by atoms with Gasteiger partial charge in [-0.2, -0.15) is 0 Å². The molecule has 2 rings (SSSR count). The Bertz CT molecular complexity index is 416. The van der Waals surface area contributed by atoms with Gasteiger partial charge in [-0.05, 0) is 19.8 Å². The van der Waals surface area contributed by atoms with Crippen molar-refractivity contribution in [2.45, 2.75) is 57.8 Å². The summed E-state index contributed by atoms with van der Waals surface area (Å²) in [6, 6.07) is 0. The van der Waals surface area contributed by atoms with Gasteiger partial charge in [0.25, 0.3) is 0 Å². The zero-order valence-electron chi connectivity index (χ0n) is 10.5. The molecule has 1 fully saturated rings. The maximum absolute atomic E-state index is 10.7. The monoisotopic (exact) mass is 237 g/mol. The minimum absolute atomic E-state index is 0.000235. The van der Waals surface area contributed by atoms with Crippen LogP contribution >= 0.6 is 0 Å². The molecule has 0 radical (unpaired) electrons. The highest BCUT2D eigenvalue weighted by Gasteiger charge is 2.34. The summed E-state index contributed by atoms with van der Waals surface area (Å²) in [7, 11) is 0. The molecule has 4 heteroatoms. The molecule has 0 bridgehead atoms. The fraction of sp³-hybridized carbons (Fsp3) is 0.692. The number of hydrogen-bond donors (Lipinski definition) is 1. The van der Waals surface area contributed by atoms with Crippen molar-refractivity contribution in [2.24, 2.45) is 0 Å². The van der Waals surface area contributed by atoms with Gasteiger partial charge >= 0.3 is 5.97 Å². The number of carboxylic acids is 1. The lowest BCUT2D eigenvalue weighted by Gasteiger charge is -2.30. The molecule has 0 unspecified atom stereocenters. The van der Waals surface area contributed by atoms with Gasteiger partial charge in [-0.1, -0.05) is 26.2 Å². The Morgan fingerprint density at radius 1 is 1.41 bits per heavy atom. The summed E-state index contributed by atoms with van der Waals surface area (Å²) >= 11 is 0. The molecule has 0 aromatic carbocycles. The third kappa shape index (κ3) is 2.51. The van der Waals surface area contributed by atoms with E-state index in [0.29, 0.717) is 11.5 Å². The number of rotatable bonds is 3. The third-order valence-corrected chi connectivity index (χ3v) is 3.68. The second kappa shape index (κ2) is 4.51. The largest absolute Gasteiger partial charge is 0.481 e. The fourth-order valence-corrected chi connectivity index (χ4v) is 2.53. The van der Waals surface area contributed by atoms with Crippen LogP contribution in [0.1, 0.15) is 56.4 Å². The van der Waals surface area contributed by atoms with E-state index in [1.165, 1.54) is 19.3 Å². The number of carboxylic acid groups (broad SMARTS) is 1. The predicted octanol–water partition coefficient (Wildman–Crippen LogP) is 2.83. The third-order valence-electron chi connectivity index (χ3n) is 3.68. The number of nitrogens with zero attached hydrogens (tertiary/aromatic N) is 1. The van der Waals surface area contributed by atoms with Crippen molar-refractivity contribution in [3.63, 3.8) is 0 Å². The molecule has 1 N–H and O–H groups in total. The zero-order chi connectivity index (χ0) is 12.5. The number of aromatic nitrogens is 1. The van der Waals surface area contributed by atoms with E-state index < -0.39 is 5.97 Å². The summed E-state index contributed by atoms with van der Waals surface area (Å²) in [5, 5.41) is 8.79. The smallest absolute Gasteiger partial charge is 0.311 e. The van der Waals surface area contributed by atoms with E-state index >= 15 is 0 Å². The standard InChI is InChI=1S/C13H19NO3/c1-9-10(8-11(15)16)17-12(14-9)13(2)6-4-3-5-7-13/h3-8H2,1-2H3,(H,15,16). The zero-order valence-corrected chi connectivity index (χ0v) is 10.5. The summed E-state index contributed by atoms with van der Waals surface area (Å²) < 4.78 is 5.68. The van der Waals surface area contributed by atoms with Crippen molar-refractivity contribution < 1.29 is 14.3 Å². The van der Waals surface area contributed by atoms with E-state index in [0.717, 1.165) is 18.7 Å². The van der Waals surface area contributed by atoms with E-state index in [1.807, 2.05) is 6.92 Å². The van der Waals surface area contributed by atoms with Crippen LogP contribution in [0, 0.1) is 6.92 Å². The molecule has 1 aromatic heterocycles. The van der Waals surface area contributed by atoms with Crippen molar-refractivity contribution in [2.75, 3.05) is 0 Å². The van der Waals surface area contributed by atoms with Gasteiger partial charge in [0, 0.05) is 5.41 Å². The highest BCUT2D eigenvalue weighted by Crippen LogP contribution is 2.39. The molecule has 4 nitrogen and oxygen atoms in total. The van der Waals surface area contributed by atoms with E-state index in [4.69, 9.17) is 9.52 Å². The summed E-state index contributed by atoms with van der Waals surface area (Å²) in [6.45, 7) is 3.99. The number of carbonyl (C=O) groups is 1. The van der Waals surface area contributed by atoms with Crippen LogP contribution in [0.3, 0.4) is 0 Å². The van der Waals surface area contributed by atoms with Crippen molar-refractivity contribution in [1.29, 1.82) is 0 Å². The number of hydrogen-bond acceptors (Lipinski definition) is 3. The summed E-state index contributed by atoms with van der Waals surface area (Å²) in [6.07, 6.45) is 5.77. The maximum atomic E-state index is 10.7. The molecule has 0 aliphatic heterocycles. The Balaban J connectivity index is 2.23. The van der Waals surface area contributed by atoms with Crippen molar-refractivity contribution in [1.82, 2.24) is 4.98 Å². The van der Waals surface area contributed by atoms with Crippen LogP contribution in [-0.2, 0) is 16.6 Å². The molecule has 0 saturated heterocycles. The van der Waals surface area contributed by atoms with Gasteiger partial charge in [0.05, 0.1) is 5.69 Å². The van der Waals surface area contributed by atoms with Crippen LogP contribution in [0.25, 0.3) is 0 Å². The lowest BCUT2D eigenvalue weighted by atomic mass is 9.76. The minimum Gasteiger partial charge on any atom is -0.481 e. The Hall–Kier alpha value is -1.32. The van der Waals surface area contributed by atoms with Gasteiger partial charge in [0.1, 0.15) is 12.2 Å². The fourth-order valence-electron chi connectivity index (χ4n) is 2.53. The normalized spacial score (nSPS) is 19.2. The van der Waals surface area contributed by atoms with Gasteiger partial charge in [-0.3, -0.25) is 4.79 Å². The summed E-state index contributed by atoms with van der Waals surface area (Å²) in [4.78, 5) is 15.1. The SMILES string of the molecule is Cc1nc(C2(C)CCCCC2)oc1CC(=O)O. The number of aryl methyl sites for hydroxylation is 1. The highest BCUT2D eigenvalue weighted by molar-refractivity contribution is 5.69. The van der Waals surface area contributed by atoms with Crippen LogP contribution in [0.2, 0.25) is 0 Å². The van der Waals surface area contributed by atoms with E-state index in [2.05, 4.69) is 11.9 Å². The molecular weight excluding hydrogens is 218 g/mol. The lowest BCUT2D eigenvalue weighted by molar-refractivity contribution is -0.136. The van der Waals surface area contributed by atoms with Crippen molar-refractivity contribution >= 4 is 5.97 Å². The van der Waals surface area contributed by atoms with E-state index in [1.54, 1.807) is 0 Å². The van der Waals surface area contributed by atoms with Crippen molar-refractivity contribution in [3.8, 4) is 0 Å². The minimum atomic E-state index is -0.871. The maximum Gasteiger partial charge on any atom is 0.311 e. The Morgan fingerprint density at radius 2 is 2.06 bits per heavy atom. The second-order valence-electron chi connectivity index (χ2n) is 5.22. The van der Waals surface area contributed by atoms with Gasteiger partial charge in [-0.25, -0.2) is 4.98 Å². The second-order valence-corrected chi connectivity index (χ2v) is 5.22. The van der Waals surface area contributed by atoms with E-state index in [-0.39, 0.29) is 11.8 Å². The van der Waals surface area contributed by atoms with Gasteiger partial charge in [0.15, 0.2) is 0 Å². The number of aliphatic carboxylic acids is 1. The van der Waals surface area contributed by atoms with Crippen LogP contribution in [0.4, 0.5) is 0 Å². The van der Waals surface area contributed by atoms with Crippen LogP contribution in [0.15, 0.2) is 4.42 Å². The molecule has 1 heterocycles. The molecule has 17 heavy (non-hydrogen) atoms. The molecule has 0 spiro atoms. The molecule has 1 aromatic rings. The first kappa shape index (κ1) is 12.1. The van der Waals surface area contributed by atoms with Gasteiger partial charge < -0.3 is 9.52 Å². The Morgan fingerprint density at radius 3 is 2.65 bits per heavy atom. The summed E-state index contributed by atoms with van der Waals surface area (Å²) in [5.41, 5.74) is 0.717. The average Bonchev–Trinajstić information content (AvgIpc) is 2.61. The molecular formula is C13H19NO3. The first-order valence-electron chi connectivity index (χ1n) is 6.20. The number of oxazole rings is 1. The predicted molar refractivity (Wildman–Crippen MR) is 63.0 cm³/mol. The topological polar surface area (TPSA) is 63.3 Å². The van der Waals surface area contributed by atoms with Crippen molar-refractivity contribution in [3.05, 3.63) is 17.3 Å². The Labute approximate surface area is 101 Å². The average molecular weight is 237 g/mol. The van der Waals surface area contributed by atoms with Gasteiger partial charge in [-0.15, -0.1) is 0 Å². The molecule has 0 atom stereocenters. The van der Waals surface area contributed by atoms with Gasteiger partial charge in [0.2, 0.25) is 5.89 Å². The quantitative estimate of drug-likeness (QED) is 0.878. The molecule has 94 valence electrons. The molecule has 1 aliphatic rings. The molecule has 1 saturated carbocycles. The highest BCUT2D eigenvalue weighted by atomic mass is 16.4. The van der Waals surface area contributed by atoms with Crippen LogP contribution in [-0.4, -0.2) is 16.1 Å².